The normalized spacial score (nSPS) is 16.5. The van der Waals surface area contributed by atoms with Crippen LogP contribution < -0.4 is 5.32 Å². The molecule has 0 saturated heterocycles. The van der Waals surface area contributed by atoms with Crippen molar-refractivity contribution in [3.63, 3.8) is 0 Å². The van der Waals surface area contributed by atoms with E-state index in [1.807, 2.05) is 6.92 Å². The van der Waals surface area contributed by atoms with Gasteiger partial charge in [-0.15, -0.1) is 0 Å². The maximum atomic E-state index is 5.83. The Kier molecular flexibility index (Phi) is 4.88. The van der Waals surface area contributed by atoms with Gasteiger partial charge in [-0.05, 0) is 37.8 Å². The van der Waals surface area contributed by atoms with Gasteiger partial charge < -0.3 is 10.1 Å². The molecule has 1 N–H and O–H groups in total. The number of fused-ring (bicyclic) bond motifs is 1. The molecule has 4 heteroatoms. The number of aromatic nitrogens is 2. The van der Waals surface area contributed by atoms with Crippen molar-refractivity contribution in [2.45, 2.75) is 53.2 Å². The molecule has 0 amide bonds. The van der Waals surface area contributed by atoms with Crippen molar-refractivity contribution in [1.29, 1.82) is 0 Å². The first kappa shape index (κ1) is 14.4. The first-order valence-electron chi connectivity index (χ1n) is 7.38. The lowest BCUT2D eigenvalue weighted by atomic mass is 10.0. The fraction of sp³-hybridized carbons (Fsp3) is 0.733. The van der Waals surface area contributed by atoms with E-state index < -0.39 is 0 Å². The minimum absolute atomic E-state index is 0.00234. The fourth-order valence-electron chi connectivity index (χ4n) is 2.62. The zero-order valence-corrected chi connectivity index (χ0v) is 12.5. The highest BCUT2D eigenvalue weighted by atomic mass is 16.5. The van der Waals surface area contributed by atoms with Gasteiger partial charge in [-0.2, -0.15) is 0 Å². The van der Waals surface area contributed by atoms with E-state index in [2.05, 4.69) is 26.1 Å². The Balaban J connectivity index is 2.40. The van der Waals surface area contributed by atoms with Crippen molar-refractivity contribution < 1.29 is 4.74 Å². The van der Waals surface area contributed by atoms with Crippen LogP contribution in [-0.4, -0.2) is 23.1 Å². The summed E-state index contributed by atoms with van der Waals surface area (Å²) in [4.78, 5) is 9.54. The molecule has 1 unspecified atom stereocenters. The minimum Gasteiger partial charge on any atom is -0.370 e. The van der Waals surface area contributed by atoms with E-state index in [0.29, 0.717) is 12.5 Å². The van der Waals surface area contributed by atoms with Crippen LogP contribution in [0.2, 0.25) is 0 Å². The van der Waals surface area contributed by atoms with Gasteiger partial charge in [0, 0.05) is 18.8 Å². The van der Waals surface area contributed by atoms with Crippen LogP contribution in [0.4, 0.5) is 0 Å². The van der Waals surface area contributed by atoms with Gasteiger partial charge in [-0.3, -0.25) is 0 Å². The van der Waals surface area contributed by atoms with Crippen molar-refractivity contribution in [2.75, 3.05) is 13.2 Å². The highest BCUT2D eigenvalue weighted by molar-refractivity contribution is 5.29. The number of rotatable bonds is 5. The van der Waals surface area contributed by atoms with E-state index in [1.165, 1.54) is 17.0 Å². The molecule has 2 heterocycles. The Morgan fingerprint density at radius 1 is 1.26 bits per heavy atom. The lowest BCUT2D eigenvalue weighted by Crippen LogP contribution is -2.28. The van der Waals surface area contributed by atoms with Gasteiger partial charge in [-0.1, -0.05) is 20.8 Å². The zero-order chi connectivity index (χ0) is 13.8. The molecule has 106 valence electrons. The molecule has 0 radical (unpaired) electrons. The van der Waals surface area contributed by atoms with Crippen LogP contribution in [-0.2, 0) is 24.1 Å². The summed E-state index contributed by atoms with van der Waals surface area (Å²) in [5.74, 6) is 1.25. The van der Waals surface area contributed by atoms with Crippen molar-refractivity contribution in [2.24, 2.45) is 5.92 Å². The Labute approximate surface area is 116 Å². The van der Waals surface area contributed by atoms with Crippen LogP contribution in [0.25, 0.3) is 0 Å². The van der Waals surface area contributed by atoms with Crippen molar-refractivity contribution >= 4 is 0 Å². The van der Waals surface area contributed by atoms with Gasteiger partial charge in [0.2, 0.25) is 0 Å². The summed E-state index contributed by atoms with van der Waals surface area (Å²) in [6.07, 6.45) is 2.01. The molecule has 2 rings (SSSR count). The monoisotopic (exact) mass is 263 g/mol. The Morgan fingerprint density at radius 2 is 2.05 bits per heavy atom. The predicted molar refractivity (Wildman–Crippen MR) is 76.0 cm³/mol. The van der Waals surface area contributed by atoms with Crippen molar-refractivity contribution in [1.82, 2.24) is 15.3 Å². The van der Waals surface area contributed by atoms with Crippen LogP contribution in [0.1, 0.15) is 56.6 Å². The first-order chi connectivity index (χ1) is 9.17. The number of nitrogens with zero attached hydrogens (tertiary/aromatic N) is 2. The summed E-state index contributed by atoms with van der Waals surface area (Å²) in [7, 11) is 0. The molecule has 0 spiro atoms. The second-order valence-electron chi connectivity index (χ2n) is 5.35. The van der Waals surface area contributed by atoms with Gasteiger partial charge in [0.05, 0.1) is 5.69 Å². The fourth-order valence-corrected chi connectivity index (χ4v) is 2.62. The van der Waals surface area contributed by atoms with Gasteiger partial charge in [0.25, 0.3) is 0 Å². The van der Waals surface area contributed by atoms with Crippen LogP contribution in [0.15, 0.2) is 0 Å². The Morgan fingerprint density at radius 3 is 2.68 bits per heavy atom. The molecule has 4 nitrogen and oxygen atoms in total. The smallest absolute Gasteiger partial charge is 0.157 e. The maximum absolute atomic E-state index is 5.83. The number of ether oxygens (including phenoxy) is 1. The zero-order valence-electron chi connectivity index (χ0n) is 12.5. The third-order valence-electron chi connectivity index (χ3n) is 3.58. The number of hydrogen-bond acceptors (Lipinski definition) is 4. The Bertz CT molecular complexity index is 414. The van der Waals surface area contributed by atoms with E-state index >= 15 is 0 Å². The number of hydrogen-bond donors (Lipinski definition) is 1. The molecule has 19 heavy (non-hydrogen) atoms. The molecule has 0 saturated carbocycles. The molecule has 0 aromatic carbocycles. The molecule has 1 atom stereocenters. The molecule has 1 aliphatic rings. The lowest BCUT2D eigenvalue weighted by molar-refractivity contribution is 0.0228. The molecule has 1 aliphatic heterocycles. The van der Waals surface area contributed by atoms with Crippen molar-refractivity contribution in [3.05, 3.63) is 22.8 Å². The summed E-state index contributed by atoms with van der Waals surface area (Å²) < 4.78 is 5.83. The third-order valence-corrected chi connectivity index (χ3v) is 3.58. The van der Waals surface area contributed by atoms with Crippen LogP contribution in [0.5, 0.6) is 0 Å². The highest BCUT2D eigenvalue weighted by Crippen LogP contribution is 2.26. The maximum Gasteiger partial charge on any atom is 0.157 e. The largest absolute Gasteiger partial charge is 0.370 e. The van der Waals surface area contributed by atoms with Crippen molar-refractivity contribution in [3.8, 4) is 0 Å². The van der Waals surface area contributed by atoms with E-state index in [1.54, 1.807) is 0 Å². The molecule has 1 aromatic heterocycles. The molecule has 1 aromatic rings. The van der Waals surface area contributed by atoms with E-state index in [-0.39, 0.29) is 6.10 Å². The van der Waals surface area contributed by atoms with Gasteiger partial charge in [0.1, 0.15) is 6.10 Å². The second kappa shape index (κ2) is 6.44. The molecular weight excluding hydrogens is 238 g/mol. The molecule has 0 bridgehead atoms. The average Bonchev–Trinajstić information content (AvgIpc) is 2.43. The summed E-state index contributed by atoms with van der Waals surface area (Å²) in [6.45, 7) is 11.1. The van der Waals surface area contributed by atoms with E-state index in [0.717, 1.165) is 31.8 Å². The lowest BCUT2D eigenvalue weighted by Gasteiger charge is -2.24. The summed E-state index contributed by atoms with van der Waals surface area (Å²) >= 11 is 0. The first-order valence-corrected chi connectivity index (χ1v) is 7.38. The Hall–Kier alpha value is -1.00. The van der Waals surface area contributed by atoms with E-state index in [9.17, 15) is 0 Å². The summed E-state index contributed by atoms with van der Waals surface area (Å²) in [5.41, 5.74) is 3.72. The summed E-state index contributed by atoms with van der Waals surface area (Å²) in [6, 6.07) is 0. The van der Waals surface area contributed by atoms with Gasteiger partial charge in [-0.25, -0.2) is 9.97 Å². The van der Waals surface area contributed by atoms with Gasteiger partial charge >= 0.3 is 0 Å². The molecule has 0 fully saturated rings. The SMILES string of the molecule is CCOC(c1nc(CC)c2c(n1)CNCC2)C(C)C. The molecule has 0 aliphatic carbocycles. The highest BCUT2D eigenvalue weighted by Gasteiger charge is 2.23. The second-order valence-corrected chi connectivity index (χ2v) is 5.35. The number of nitrogens with one attached hydrogen (secondary N) is 1. The average molecular weight is 263 g/mol. The quantitative estimate of drug-likeness (QED) is 0.886. The van der Waals surface area contributed by atoms with Crippen LogP contribution in [0, 0.1) is 5.92 Å². The predicted octanol–water partition coefficient (Wildman–Crippen LogP) is 2.42. The molecular formula is C15H25N3O. The van der Waals surface area contributed by atoms with Gasteiger partial charge in [0.15, 0.2) is 5.82 Å². The van der Waals surface area contributed by atoms with E-state index in [4.69, 9.17) is 14.7 Å². The van der Waals surface area contributed by atoms with Crippen LogP contribution in [0.3, 0.4) is 0 Å². The minimum atomic E-state index is 0.00234. The van der Waals surface area contributed by atoms with Crippen LogP contribution >= 0.6 is 0 Å². The number of aryl methyl sites for hydroxylation is 1. The third kappa shape index (κ3) is 3.12. The summed E-state index contributed by atoms with van der Waals surface area (Å²) in [5, 5.41) is 3.39. The standard InChI is InChI=1S/C15H25N3O/c1-5-12-11-7-8-16-9-13(11)18-15(17-12)14(10(3)4)19-6-2/h10,14,16H,5-9H2,1-4H3. The topological polar surface area (TPSA) is 47.0 Å².